The molecule has 1 heterocycles. The Labute approximate surface area is 853 Å². The third kappa shape index (κ3) is 32.9. The number of amides is 10. The molecule has 0 radical (unpaired) electrons. The van der Waals surface area contributed by atoms with Gasteiger partial charge in [-0.25, -0.2) is 4.39 Å². The number of aromatic nitrogens is 1. The lowest BCUT2D eigenvalue weighted by molar-refractivity contribution is 0.101. The van der Waals surface area contributed by atoms with E-state index in [9.17, 15) is 52.3 Å². The fourth-order valence-electron chi connectivity index (χ4n) is 14.4. The molecule has 0 bridgehead atoms. The summed E-state index contributed by atoms with van der Waals surface area (Å²) in [5, 5.41) is 28.7. The number of halogens is 2. The number of anilines is 10. The van der Waals surface area contributed by atoms with E-state index in [0.29, 0.717) is 112 Å². The lowest BCUT2D eigenvalue weighted by Gasteiger charge is -2.19. The van der Waals surface area contributed by atoms with Crippen LogP contribution in [0.15, 0.2) is 358 Å². The van der Waals surface area contributed by atoms with E-state index in [1.807, 2.05) is 160 Å². The molecule has 15 aromatic rings. The van der Waals surface area contributed by atoms with E-state index >= 15 is 0 Å². The summed E-state index contributed by atoms with van der Waals surface area (Å²) in [7, 11) is 0. The molecule has 15 rings (SSSR count). The van der Waals surface area contributed by atoms with E-state index in [1.54, 1.807) is 200 Å². The number of hydrogen-bond acceptors (Lipinski definition) is 11. The monoisotopic (exact) mass is 1960 g/mol. The van der Waals surface area contributed by atoms with Gasteiger partial charge in [-0.05, 0) is 318 Å². The van der Waals surface area contributed by atoms with Crippen LogP contribution in [0.25, 0.3) is 0 Å². The Bertz CT molecular complexity index is 6870. The Balaban J connectivity index is 0.000000173. The van der Waals surface area contributed by atoms with Crippen molar-refractivity contribution >= 4 is 128 Å². The second-order valence-corrected chi connectivity index (χ2v) is 40.4. The number of pyridine rings is 1. The number of nitrogens with one attached hydrogen (secondary N) is 10. The van der Waals surface area contributed by atoms with Gasteiger partial charge in [0.1, 0.15) is 5.82 Å². The predicted octanol–water partition coefficient (Wildman–Crippen LogP) is 28.6. The van der Waals surface area contributed by atoms with Crippen molar-refractivity contribution in [2.45, 2.75) is 152 Å². The molecule has 0 saturated carbocycles. The molecule has 14 aromatic carbocycles. The first-order valence-corrected chi connectivity index (χ1v) is 47.7. The van der Waals surface area contributed by atoms with Crippen molar-refractivity contribution in [2.75, 3.05) is 53.2 Å². The average Bonchev–Trinajstić information content (AvgIpc) is 0.849. The Hall–Kier alpha value is -16.9. The van der Waals surface area contributed by atoms with Crippen molar-refractivity contribution in [3.63, 3.8) is 0 Å². The number of nitrogens with zero attached hydrogens (tertiary/aromatic N) is 1. The van der Waals surface area contributed by atoms with E-state index in [-0.39, 0.29) is 85.8 Å². The van der Waals surface area contributed by atoms with Gasteiger partial charge >= 0.3 is 0 Å². The van der Waals surface area contributed by atoms with E-state index in [4.69, 9.17) is 11.6 Å². The highest BCUT2D eigenvalue weighted by Crippen LogP contribution is 2.31. The molecule has 0 atom stereocenters. The zero-order valence-electron chi connectivity index (χ0n) is 84.8. The summed E-state index contributed by atoms with van der Waals surface area (Å²) in [6.07, 6.45) is 3.14. The van der Waals surface area contributed by atoms with Gasteiger partial charge in [-0.15, -0.1) is 0 Å². The molecule has 0 saturated heterocycles. The maximum absolute atomic E-state index is 13.7. The Morgan fingerprint density at radius 1 is 0.214 bits per heavy atom. The maximum atomic E-state index is 13.7. The van der Waals surface area contributed by atoms with Gasteiger partial charge in [0.25, 0.3) is 59.1 Å². The maximum Gasteiger partial charge on any atom is 0.258 e. The molecule has 0 aliphatic heterocycles. The summed E-state index contributed by atoms with van der Waals surface area (Å²) in [6, 6.07) is 102. The van der Waals surface area contributed by atoms with E-state index in [2.05, 4.69) is 162 Å². The molecule has 1 aromatic heterocycles. The van der Waals surface area contributed by atoms with Crippen LogP contribution in [0.5, 0.6) is 0 Å². The molecule has 23 heteroatoms. The Kier molecular flexibility index (Phi) is 36.7. The van der Waals surface area contributed by atoms with Crippen molar-refractivity contribution in [2.24, 2.45) is 0 Å². The highest BCUT2D eigenvalue weighted by molar-refractivity contribution is 6.34. The third-order valence-corrected chi connectivity index (χ3v) is 23.5. The van der Waals surface area contributed by atoms with Crippen molar-refractivity contribution in [1.29, 1.82) is 0 Å². The molecule has 0 aliphatic rings. The van der Waals surface area contributed by atoms with Crippen LogP contribution in [-0.4, -0.2) is 64.1 Å². The molecule has 0 fully saturated rings. The first kappa shape index (κ1) is 109. The quantitative estimate of drug-likeness (QED) is 0.0342. The predicted molar refractivity (Wildman–Crippen MR) is 587 cm³/mol. The SMILES string of the molecule is CC(C)(C)c1ccc(C(=O)Nc2ccc(NC(=O)c3ccccc3Cl)cc2)cc1.CC(C)(C)c1ccc(C(=O)Nc2ccc(NC(=O)c3ccccc3F)cc2)cc1.CC(C)(C)c1ccc(C(=O)Nc2ccc(NC(=O)c3ccncc3)cc2)cc1.Cc1ccc(C(=O)Nc2ccc(NC(=O)c3ccc(C(C)(C)C)cc3)cc2)c(C)c1.Cc1ccc(C(=O)Nc2ccc(NC(=O)c3ccc(C(C)(C)C)cc3)cc2)cc1. The zero-order chi connectivity index (χ0) is 105. The van der Waals surface area contributed by atoms with Gasteiger partial charge in [-0.3, -0.25) is 52.9 Å². The fraction of sp³-hybridized carbons (Fsp3) is 0.189. The normalized spacial score (nSPS) is 11.0. The number of benzene rings is 14. The second kappa shape index (κ2) is 49.0. The lowest BCUT2D eigenvalue weighted by atomic mass is 9.86. The standard InChI is InChI=1S/C26H28N2O2.C25H26N2O2.C24H23ClN2O2.C24H23FN2O2.C23H23N3O2/c1-17-6-15-23(18(2)16-17)25(30)28-22-13-11-21(12-14-22)27-24(29)19-7-9-20(10-8-19)26(3,4)5;1-17-5-7-18(8-6-17)23(28)26-21-13-15-22(16-14-21)27-24(29)19-9-11-20(12-10-19)25(2,3)4;2*1-24(2,3)17-10-8-16(9-11-17)22(28)26-18-12-14-19(15-13-18)27-23(29)20-6-4-5-7-21(20)25;1-23(2,3)18-6-4-16(5-7-18)21(27)25-19-8-10-20(11-9-19)26-22(28)17-12-14-24-15-13-17/h6-16H,1-5H3,(H,27,29)(H,28,30);5-16H,1-4H3,(H,26,28)(H,27,29);2*4-15H,1-3H3,(H,26,28)(H,27,29);4-15H,1-3H3,(H,25,27)(H,26,28). The van der Waals surface area contributed by atoms with Crippen LogP contribution in [0.4, 0.5) is 61.3 Å². The number of hydrogen-bond donors (Lipinski definition) is 10. The molecular formula is C122H123ClFN11O10. The number of carbonyl (C=O) groups is 10. The Morgan fingerprint density at radius 2 is 0.407 bits per heavy atom. The number of rotatable bonds is 20. The van der Waals surface area contributed by atoms with Crippen molar-refractivity contribution < 1.29 is 52.3 Å². The zero-order valence-corrected chi connectivity index (χ0v) is 85.6. The minimum Gasteiger partial charge on any atom is -0.322 e. The average molecular weight is 1960 g/mol. The molecule has 0 unspecified atom stereocenters. The van der Waals surface area contributed by atoms with Crippen molar-refractivity contribution in [3.8, 4) is 0 Å². The highest BCUT2D eigenvalue weighted by Gasteiger charge is 2.23. The van der Waals surface area contributed by atoms with Crippen LogP contribution in [0.3, 0.4) is 0 Å². The van der Waals surface area contributed by atoms with Crippen LogP contribution < -0.4 is 53.2 Å². The molecule has 0 spiro atoms. The van der Waals surface area contributed by atoms with Gasteiger partial charge in [-0.1, -0.05) is 236 Å². The van der Waals surface area contributed by atoms with Gasteiger partial charge in [0.05, 0.1) is 16.1 Å². The highest BCUT2D eigenvalue weighted by atomic mass is 35.5. The largest absolute Gasteiger partial charge is 0.322 e. The summed E-state index contributed by atoms with van der Waals surface area (Å²) in [4.78, 5) is 128. The molecule has 740 valence electrons. The number of carbonyl (C=O) groups excluding carboxylic acids is 10. The van der Waals surface area contributed by atoms with Gasteiger partial charge in [-0.2, -0.15) is 0 Å². The van der Waals surface area contributed by atoms with Crippen LogP contribution in [0.2, 0.25) is 5.02 Å². The lowest BCUT2D eigenvalue weighted by Crippen LogP contribution is -2.15. The van der Waals surface area contributed by atoms with Gasteiger partial charge in [0, 0.05) is 114 Å². The fourth-order valence-corrected chi connectivity index (χ4v) is 14.6. The molecule has 21 nitrogen and oxygen atoms in total. The van der Waals surface area contributed by atoms with Crippen molar-refractivity contribution in [1.82, 2.24) is 4.98 Å². The molecule has 10 N–H and O–H groups in total. The third-order valence-electron chi connectivity index (χ3n) is 23.2. The van der Waals surface area contributed by atoms with Crippen LogP contribution >= 0.6 is 11.6 Å². The molecule has 145 heavy (non-hydrogen) atoms. The summed E-state index contributed by atoms with van der Waals surface area (Å²) in [5.74, 6) is -2.82. The van der Waals surface area contributed by atoms with Crippen LogP contribution in [0, 0.1) is 26.6 Å². The summed E-state index contributed by atoms with van der Waals surface area (Å²) in [5.41, 5.74) is 20.7. The topological polar surface area (TPSA) is 304 Å². The summed E-state index contributed by atoms with van der Waals surface area (Å²) in [6.45, 7) is 37.9. The molecular weight excluding hydrogens is 1830 g/mol. The first-order chi connectivity index (χ1) is 68.6. The smallest absolute Gasteiger partial charge is 0.258 e. The van der Waals surface area contributed by atoms with Gasteiger partial charge in [0.15, 0.2) is 0 Å². The van der Waals surface area contributed by atoms with E-state index < -0.39 is 11.7 Å². The van der Waals surface area contributed by atoms with Crippen LogP contribution in [-0.2, 0) is 27.1 Å². The minimum absolute atomic E-state index is 0.0245. The van der Waals surface area contributed by atoms with Crippen LogP contribution in [0.1, 0.15) is 252 Å². The summed E-state index contributed by atoms with van der Waals surface area (Å²) < 4.78 is 13.7. The Morgan fingerprint density at radius 3 is 0.634 bits per heavy atom. The summed E-state index contributed by atoms with van der Waals surface area (Å²) >= 11 is 6.05. The minimum atomic E-state index is -0.577. The molecule has 0 aliphatic carbocycles. The van der Waals surface area contributed by atoms with Gasteiger partial charge in [0.2, 0.25) is 0 Å². The number of aryl methyl sites for hydroxylation is 3. The van der Waals surface area contributed by atoms with E-state index in [1.165, 1.54) is 40.5 Å². The van der Waals surface area contributed by atoms with Gasteiger partial charge < -0.3 is 53.2 Å². The van der Waals surface area contributed by atoms with E-state index in [0.717, 1.165) is 22.3 Å². The second-order valence-electron chi connectivity index (χ2n) is 39.9. The molecule has 10 amide bonds. The first-order valence-electron chi connectivity index (χ1n) is 47.4. The van der Waals surface area contributed by atoms with Crippen molar-refractivity contribution in [3.05, 3.63) is 469 Å².